The number of fused-ring (bicyclic) bond motifs is 1. The minimum Gasteiger partial charge on any atom is -0.455 e. The number of sulfonamides is 1. The van der Waals surface area contributed by atoms with Gasteiger partial charge < -0.3 is 9.73 Å². The van der Waals surface area contributed by atoms with E-state index in [1.165, 1.54) is 16.9 Å². The highest BCUT2D eigenvalue weighted by atomic mass is 35.5. The summed E-state index contributed by atoms with van der Waals surface area (Å²) in [6.07, 6.45) is 0. The third-order valence-electron chi connectivity index (χ3n) is 5.81. The fourth-order valence-corrected chi connectivity index (χ4v) is 4.60. The van der Waals surface area contributed by atoms with Gasteiger partial charge in [-0.1, -0.05) is 48.0 Å². The van der Waals surface area contributed by atoms with E-state index in [4.69, 9.17) is 16.0 Å². The van der Waals surface area contributed by atoms with Gasteiger partial charge in [0.2, 0.25) is 0 Å². The maximum atomic E-state index is 13.3. The Hall–Kier alpha value is -3.83. The van der Waals surface area contributed by atoms with Gasteiger partial charge in [-0.15, -0.1) is 0 Å². The van der Waals surface area contributed by atoms with Crippen LogP contribution in [0.15, 0.2) is 63.8 Å². The summed E-state index contributed by atoms with van der Waals surface area (Å²) in [6, 6.07) is 14.8. The Morgan fingerprint density at radius 3 is 2.42 bits per heavy atom. The monoisotopic (exact) mass is 561 g/mol. The molecule has 0 aliphatic carbocycles. The highest BCUT2D eigenvalue weighted by Crippen LogP contribution is 2.32. The van der Waals surface area contributed by atoms with E-state index in [0.717, 1.165) is 11.1 Å². The van der Waals surface area contributed by atoms with Crippen LogP contribution in [0.25, 0.3) is 22.3 Å². The quantitative estimate of drug-likeness (QED) is 0.283. The molecule has 12 heteroatoms. The molecule has 2 aromatic heterocycles. The van der Waals surface area contributed by atoms with Crippen LogP contribution in [-0.4, -0.2) is 25.1 Å². The topological polar surface area (TPSA) is 118 Å². The van der Waals surface area contributed by atoms with Crippen molar-refractivity contribution in [1.29, 1.82) is 0 Å². The third kappa shape index (κ3) is 5.39. The lowest BCUT2D eigenvalue weighted by Crippen LogP contribution is -2.35. The van der Waals surface area contributed by atoms with Crippen LogP contribution in [-0.2, 0) is 10.0 Å². The van der Waals surface area contributed by atoms with Crippen molar-refractivity contribution in [2.75, 3.05) is 5.32 Å². The van der Waals surface area contributed by atoms with E-state index < -0.39 is 33.4 Å². The van der Waals surface area contributed by atoms with Gasteiger partial charge in [0.15, 0.2) is 11.1 Å². The van der Waals surface area contributed by atoms with Gasteiger partial charge in [-0.25, -0.2) is 18.1 Å². The number of aryl methyl sites for hydroxylation is 1. The number of rotatable bonds is 7. The lowest BCUT2D eigenvalue weighted by Gasteiger charge is -2.20. The second-order valence-electron chi connectivity index (χ2n) is 8.62. The van der Waals surface area contributed by atoms with Crippen LogP contribution in [0.5, 0.6) is 0 Å². The average Bonchev–Trinajstić information content (AvgIpc) is 2.87. The molecule has 1 atom stereocenters. The molecule has 0 saturated carbocycles. The molecule has 2 N–H and O–H groups in total. The number of nitrogens with zero attached hydrogens (tertiary/aromatic N) is 1. The summed E-state index contributed by atoms with van der Waals surface area (Å²) < 4.78 is 56.3. The molecular formula is C26H22ClF2N3O5S. The summed E-state index contributed by atoms with van der Waals surface area (Å²) in [6.45, 7) is 5.23. The second kappa shape index (κ2) is 10.5. The van der Waals surface area contributed by atoms with Crippen LogP contribution in [0.1, 0.15) is 40.1 Å². The summed E-state index contributed by atoms with van der Waals surface area (Å²) in [5, 5.41) is 3.24. The smallest absolute Gasteiger partial charge is 0.355 e. The van der Waals surface area contributed by atoms with Crippen LogP contribution >= 0.6 is 11.6 Å². The molecular weight excluding hydrogens is 540 g/mol. The molecule has 0 aliphatic rings. The molecule has 2 aromatic carbocycles. The number of aromatic nitrogens is 1. The van der Waals surface area contributed by atoms with Crippen molar-refractivity contribution in [3.63, 3.8) is 0 Å². The molecule has 0 aliphatic heterocycles. The van der Waals surface area contributed by atoms with Crippen molar-refractivity contribution in [2.24, 2.45) is 0 Å². The zero-order chi connectivity index (χ0) is 27.8. The first-order chi connectivity index (χ1) is 17.9. The van der Waals surface area contributed by atoms with Crippen molar-refractivity contribution in [2.45, 2.75) is 32.6 Å². The summed E-state index contributed by atoms with van der Waals surface area (Å²) >= 11 is 5.89. The average molecular weight is 562 g/mol. The van der Waals surface area contributed by atoms with E-state index in [2.05, 4.69) is 10.3 Å². The predicted molar refractivity (Wildman–Crippen MR) is 141 cm³/mol. The van der Waals surface area contributed by atoms with Gasteiger partial charge in [0.25, 0.3) is 15.9 Å². The van der Waals surface area contributed by atoms with Crippen molar-refractivity contribution in [3.05, 3.63) is 92.4 Å². The van der Waals surface area contributed by atoms with Gasteiger partial charge in [0.1, 0.15) is 16.5 Å². The molecule has 8 nitrogen and oxygen atoms in total. The molecule has 38 heavy (non-hydrogen) atoms. The lowest BCUT2D eigenvalue weighted by atomic mass is 9.98. The molecule has 198 valence electrons. The zero-order valence-corrected chi connectivity index (χ0v) is 22.0. The largest absolute Gasteiger partial charge is 0.455 e. The fraction of sp³-hybridized carbons (Fsp3) is 0.192. The van der Waals surface area contributed by atoms with Crippen LogP contribution in [0.2, 0.25) is 5.15 Å². The van der Waals surface area contributed by atoms with Gasteiger partial charge in [0, 0.05) is 16.7 Å². The standard InChI is InChI=1S/C26H22ClF2N3O5S/c1-13-11-17(24-18(12-13)22(33)14(2)23(37-24)16-7-5-4-6-8-16)15(3)30-19-9-10-20(27)31-21(19)25(34)32-38(35,36)26(28)29/h4-12,15,26,30H,1-3H3,(H,32,34). The number of carbonyl (C=O) groups is 1. The number of carbonyl (C=O) groups excluding carboxylic acids is 1. The minimum atomic E-state index is -5.22. The van der Waals surface area contributed by atoms with Gasteiger partial charge in [-0.2, -0.15) is 8.78 Å². The Kier molecular flexibility index (Phi) is 7.52. The maximum Gasteiger partial charge on any atom is 0.355 e. The molecule has 0 bridgehead atoms. The van der Waals surface area contributed by atoms with E-state index in [1.54, 1.807) is 26.0 Å². The normalized spacial score (nSPS) is 12.5. The van der Waals surface area contributed by atoms with E-state index >= 15 is 0 Å². The molecule has 4 aromatic rings. The van der Waals surface area contributed by atoms with Crippen LogP contribution in [0, 0.1) is 13.8 Å². The van der Waals surface area contributed by atoms with Gasteiger partial charge in [-0.3, -0.25) is 9.59 Å². The maximum absolute atomic E-state index is 13.3. The Balaban J connectivity index is 1.80. The van der Waals surface area contributed by atoms with Crippen molar-refractivity contribution >= 4 is 44.2 Å². The van der Waals surface area contributed by atoms with Gasteiger partial charge >= 0.3 is 5.76 Å². The number of anilines is 1. The number of pyridine rings is 1. The third-order valence-corrected chi connectivity index (χ3v) is 6.96. The zero-order valence-electron chi connectivity index (χ0n) is 20.4. The minimum absolute atomic E-state index is 0.0243. The van der Waals surface area contributed by atoms with Gasteiger partial charge in [0.05, 0.1) is 17.1 Å². The van der Waals surface area contributed by atoms with Crippen molar-refractivity contribution < 1.29 is 26.4 Å². The highest BCUT2D eigenvalue weighted by Gasteiger charge is 2.29. The molecule has 0 spiro atoms. The Morgan fingerprint density at radius 1 is 1.08 bits per heavy atom. The SMILES string of the molecule is Cc1cc(C(C)Nc2ccc(Cl)nc2C(=O)NS(=O)(=O)C(F)F)c2oc(-c3ccccc3)c(C)c(=O)c2c1. The molecule has 0 saturated heterocycles. The summed E-state index contributed by atoms with van der Waals surface area (Å²) in [7, 11) is -5.22. The molecule has 1 unspecified atom stereocenters. The van der Waals surface area contributed by atoms with E-state index in [-0.39, 0.29) is 16.3 Å². The molecule has 4 rings (SSSR count). The fourth-order valence-electron chi connectivity index (χ4n) is 4.01. The van der Waals surface area contributed by atoms with E-state index in [9.17, 15) is 26.8 Å². The highest BCUT2D eigenvalue weighted by molar-refractivity contribution is 7.90. The number of halogens is 3. The first-order valence-corrected chi connectivity index (χ1v) is 13.2. The Morgan fingerprint density at radius 2 is 1.76 bits per heavy atom. The molecule has 2 heterocycles. The van der Waals surface area contributed by atoms with E-state index in [0.29, 0.717) is 27.9 Å². The van der Waals surface area contributed by atoms with Crippen molar-refractivity contribution in [3.8, 4) is 11.3 Å². The Bertz CT molecular complexity index is 1710. The van der Waals surface area contributed by atoms with Gasteiger partial charge in [-0.05, 0) is 44.5 Å². The van der Waals surface area contributed by atoms with Crippen LogP contribution in [0.3, 0.4) is 0 Å². The second-order valence-corrected chi connectivity index (χ2v) is 10.7. The van der Waals surface area contributed by atoms with Crippen molar-refractivity contribution in [1.82, 2.24) is 9.71 Å². The number of hydrogen-bond donors (Lipinski definition) is 2. The van der Waals surface area contributed by atoms with Crippen LogP contribution < -0.4 is 15.5 Å². The lowest BCUT2D eigenvalue weighted by molar-refractivity contribution is 0.0973. The number of nitrogens with one attached hydrogen (secondary N) is 2. The summed E-state index contributed by atoms with van der Waals surface area (Å²) in [4.78, 5) is 29.7. The number of hydrogen-bond acceptors (Lipinski definition) is 7. The number of amides is 1. The number of alkyl halides is 2. The Labute approximate surface area is 221 Å². The summed E-state index contributed by atoms with van der Waals surface area (Å²) in [5.74, 6) is -4.79. The van der Waals surface area contributed by atoms with E-state index in [1.807, 2.05) is 37.3 Å². The molecule has 0 fully saturated rings. The van der Waals surface area contributed by atoms with Crippen LogP contribution in [0.4, 0.5) is 14.5 Å². The summed E-state index contributed by atoms with van der Waals surface area (Å²) in [5.41, 5.74) is 2.14. The first kappa shape index (κ1) is 27.2. The predicted octanol–water partition coefficient (Wildman–Crippen LogP) is 5.58. The molecule has 1 amide bonds. The first-order valence-electron chi connectivity index (χ1n) is 11.3. The number of benzene rings is 2. The molecule has 0 radical (unpaired) electrons.